The normalized spacial score (nSPS) is 15.5. The molecule has 5 rings (SSSR count). The van der Waals surface area contributed by atoms with E-state index in [1.54, 1.807) is 14.2 Å². The molecular formula is C25H23NO3. The summed E-state index contributed by atoms with van der Waals surface area (Å²) < 4.78 is 13.7. The monoisotopic (exact) mass is 385 g/mol. The van der Waals surface area contributed by atoms with Gasteiger partial charge in [-0.15, -0.1) is 0 Å². The lowest BCUT2D eigenvalue weighted by Gasteiger charge is -2.24. The fourth-order valence-electron chi connectivity index (χ4n) is 4.58. The van der Waals surface area contributed by atoms with Crippen LogP contribution in [0.25, 0.3) is 33.3 Å². The minimum absolute atomic E-state index is 0.466. The van der Waals surface area contributed by atoms with Crippen LogP contribution in [0.2, 0.25) is 0 Å². The summed E-state index contributed by atoms with van der Waals surface area (Å²) in [4.78, 5) is 0. The third-order valence-corrected chi connectivity index (χ3v) is 5.74. The van der Waals surface area contributed by atoms with Gasteiger partial charge in [0, 0.05) is 30.2 Å². The Balaban J connectivity index is 2.00. The number of aliphatic hydroxyl groups is 1. The van der Waals surface area contributed by atoms with Crippen molar-refractivity contribution in [1.29, 1.82) is 0 Å². The topological polar surface area (TPSA) is 43.6 Å². The number of rotatable bonds is 4. The van der Waals surface area contributed by atoms with Crippen molar-refractivity contribution in [2.45, 2.75) is 19.1 Å². The summed E-state index contributed by atoms with van der Waals surface area (Å²) in [6, 6.07) is 22.7. The minimum atomic E-state index is -0.466. The number of hydrogen-bond donors (Lipinski definition) is 1. The third-order valence-electron chi connectivity index (χ3n) is 5.74. The zero-order valence-electron chi connectivity index (χ0n) is 16.6. The maximum Gasteiger partial charge on any atom is 0.132 e. The number of nitrogens with zero attached hydrogens (tertiary/aromatic N) is 1. The zero-order valence-corrected chi connectivity index (χ0v) is 16.6. The van der Waals surface area contributed by atoms with Gasteiger partial charge in [0.1, 0.15) is 11.5 Å². The van der Waals surface area contributed by atoms with Crippen molar-refractivity contribution in [1.82, 2.24) is 4.57 Å². The van der Waals surface area contributed by atoms with Crippen LogP contribution in [0.5, 0.6) is 11.5 Å². The molecule has 1 unspecified atom stereocenters. The van der Waals surface area contributed by atoms with E-state index in [4.69, 9.17) is 9.47 Å². The molecule has 1 aliphatic heterocycles. The van der Waals surface area contributed by atoms with Crippen molar-refractivity contribution in [3.63, 3.8) is 0 Å². The molecule has 0 aliphatic carbocycles. The number of ether oxygens (including phenoxy) is 2. The molecule has 2 heterocycles. The third kappa shape index (κ3) is 2.71. The molecule has 1 N–H and O–H groups in total. The second-order valence-electron chi connectivity index (χ2n) is 7.41. The molecule has 29 heavy (non-hydrogen) atoms. The Kier molecular flexibility index (Phi) is 4.29. The van der Waals surface area contributed by atoms with Gasteiger partial charge in [-0.25, -0.2) is 0 Å². The second kappa shape index (κ2) is 6.98. The highest BCUT2D eigenvalue weighted by Gasteiger charge is 2.31. The molecule has 0 spiro atoms. The highest BCUT2D eigenvalue weighted by molar-refractivity contribution is 6.09. The number of hydrogen-bond acceptors (Lipinski definition) is 3. The highest BCUT2D eigenvalue weighted by Crippen LogP contribution is 2.49. The molecule has 1 aromatic heterocycles. The van der Waals surface area contributed by atoms with Crippen molar-refractivity contribution >= 4 is 10.9 Å². The van der Waals surface area contributed by atoms with Crippen LogP contribution in [0.4, 0.5) is 0 Å². The van der Waals surface area contributed by atoms with Crippen LogP contribution < -0.4 is 9.47 Å². The Morgan fingerprint density at radius 3 is 2.10 bits per heavy atom. The van der Waals surface area contributed by atoms with E-state index in [9.17, 15) is 5.11 Å². The molecule has 4 aromatic rings. The van der Waals surface area contributed by atoms with Crippen LogP contribution in [-0.4, -0.2) is 30.0 Å². The van der Waals surface area contributed by atoms with Crippen LogP contribution in [0.1, 0.15) is 5.56 Å². The first-order chi connectivity index (χ1) is 14.2. The van der Waals surface area contributed by atoms with E-state index in [2.05, 4.69) is 41.0 Å². The molecule has 1 aliphatic rings. The van der Waals surface area contributed by atoms with Gasteiger partial charge in [-0.2, -0.15) is 0 Å². The van der Waals surface area contributed by atoms with Gasteiger partial charge in [-0.05, 0) is 11.1 Å². The molecule has 0 fully saturated rings. The molecule has 0 radical (unpaired) electrons. The number of aromatic nitrogens is 1. The van der Waals surface area contributed by atoms with Crippen LogP contribution >= 0.6 is 0 Å². The number of methoxy groups -OCH3 is 2. The van der Waals surface area contributed by atoms with Gasteiger partial charge < -0.3 is 19.1 Å². The van der Waals surface area contributed by atoms with E-state index < -0.39 is 6.10 Å². The van der Waals surface area contributed by atoms with E-state index in [1.807, 2.05) is 30.3 Å². The summed E-state index contributed by atoms with van der Waals surface area (Å²) in [7, 11) is 3.37. The zero-order chi connectivity index (χ0) is 20.0. The summed E-state index contributed by atoms with van der Waals surface area (Å²) >= 11 is 0. The maximum absolute atomic E-state index is 10.7. The fraction of sp³-hybridized carbons (Fsp3) is 0.200. The quantitative estimate of drug-likeness (QED) is 0.543. The molecule has 0 saturated carbocycles. The van der Waals surface area contributed by atoms with Gasteiger partial charge in [0.25, 0.3) is 0 Å². The van der Waals surface area contributed by atoms with E-state index >= 15 is 0 Å². The van der Waals surface area contributed by atoms with E-state index in [1.165, 1.54) is 0 Å². The first kappa shape index (κ1) is 17.8. The molecular weight excluding hydrogens is 362 g/mol. The molecule has 0 amide bonds. The minimum Gasteiger partial charge on any atom is -0.496 e. The van der Waals surface area contributed by atoms with Crippen molar-refractivity contribution in [3.05, 3.63) is 72.3 Å². The lowest BCUT2D eigenvalue weighted by Crippen LogP contribution is -2.24. The Labute approximate surface area is 169 Å². The first-order valence-electron chi connectivity index (χ1n) is 9.82. The first-order valence-corrected chi connectivity index (χ1v) is 9.82. The lowest BCUT2D eigenvalue weighted by atomic mass is 9.95. The van der Waals surface area contributed by atoms with E-state index in [-0.39, 0.29) is 0 Å². The van der Waals surface area contributed by atoms with Crippen molar-refractivity contribution in [3.8, 4) is 33.9 Å². The number of aliphatic hydroxyl groups excluding tert-OH is 1. The van der Waals surface area contributed by atoms with Gasteiger partial charge in [0.05, 0.1) is 36.9 Å². The SMILES string of the molecule is COc1cc(OC)c2c(-c3ccccc3)c(-c3ccccc3)n3c2c1CC(O)C3. The Morgan fingerprint density at radius 2 is 1.48 bits per heavy atom. The summed E-state index contributed by atoms with van der Waals surface area (Å²) in [6.45, 7) is 0.539. The van der Waals surface area contributed by atoms with Crippen molar-refractivity contribution in [2.75, 3.05) is 14.2 Å². The van der Waals surface area contributed by atoms with Gasteiger partial charge in [-0.3, -0.25) is 0 Å². The predicted octanol–water partition coefficient (Wildman–Crippen LogP) is 4.91. The average molecular weight is 385 g/mol. The van der Waals surface area contributed by atoms with Gasteiger partial charge in [0.2, 0.25) is 0 Å². The summed E-state index contributed by atoms with van der Waals surface area (Å²) in [5, 5.41) is 11.8. The van der Waals surface area contributed by atoms with Gasteiger partial charge in [0.15, 0.2) is 0 Å². The molecule has 4 nitrogen and oxygen atoms in total. The Morgan fingerprint density at radius 1 is 0.862 bits per heavy atom. The summed E-state index contributed by atoms with van der Waals surface area (Å²) in [5.74, 6) is 1.54. The average Bonchev–Trinajstić information content (AvgIpc) is 3.11. The Hall–Kier alpha value is -3.24. The smallest absolute Gasteiger partial charge is 0.132 e. The van der Waals surface area contributed by atoms with Crippen LogP contribution in [-0.2, 0) is 13.0 Å². The van der Waals surface area contributed by atoms with E-state index in [0.717, 1.165) is 50.3 Å². The standard InChI is InChI=1S/C25H23NO3/c1-28-20-14-21(29-2)23-22(16-9-5-3-6-10-16)24(17-11-7-4-8-12-17)26-15-18(27)13-19(20)25(23)26/h3-12,14,18,27H,13,15H2,1-2H3. The van der Waals surface area contributed by atoms with Crippen LogP contribution in [0, 0.1) is 0 Å². The van der Waals surface area contributed by atoms with Crippen LogP contribution in [0.3, 0.4) is 0 Å². The molecule has 3 aromatic carbocycles. The largest absolute Gasteiger partial charge is 0.496 e. The Bertz CT molecular complexity index is 1180. The fourth-order valence-corrected chi connectivity index (χ4v) is 4.58. The predicted molar refractivity (Wildman–Crippen MR) is 116 cm³/mol. The summed E-state index contributed by atoms with van der Waals surface area (Å²) in [6.07, 6.45) is 0.0994. The highest BCUT2D eigenvalue weighted by atomic mass is 16.5. The molecule has 1 atom stereocenters. The summed E-state index contributed by atoms with van der Waals surface area (Å²) in [5.41, 5.74) is 6.58. The maximum atomic E-state index is 10.7. The molecule has 4 heteroatoms. The molecule has 146 valence electrons. The van der Waals surface area contributed by atoms with Gasteiger partial charge in [-0.1, -0.05) is 60.7 Å². The van der Waals surface area contributed by atoms with Crippen molar-refractivity contribution in [2.24, 2.45) is 0 Å². The number of benzene rings is 3. The van der Waals surface area contributed by atoms with Crippen molar-refractivity contribution < 1.29 is 14.6 Å². The van der Waals surface area contributed by atoms with E-state index in [0.29, 0.717) is 13.0 Å². The molecule has 0 saturated heterocycles. The second-order valence-corrected chi connectivity index (χ2v) is 7.41. The van der Waals surface area contributed by atoms with Gasteiger partial charge >= 0.3 is 0 Å². The van der Waals surface area contributed by atoms with Crippen LogP contribution in [0.15, 0.2) is 66.7 Å². The lowest BCUT2D eigenvalue weighted by molar-refractivity contribution is 0.150. The molecule has 0 bridgehead atoms.